The van der Waals surface area contributed by atoms with Gasteiger partial charge in [0.25, 0.3) is 0 Å². The summed E-state index contributed by atoms with van der Waals surface area (Å²) in [5.74, 6) is 2.73. The van der Waals surface area contributed by atoms with Crippen LogP contribution in [-0.4, -0.2) is 0 Å². The molecule has 4 aromatic carbocycles. The van der Waals surface area contributed by atoms with Gasteiger partial charge in [-0.1, -0.05) is 97.2 Å². The molecule has 2 heterocycles. The maximum atomic E-state index is 7.12. The maximum Gasteiger partial charge on any atom is 0.228 e. The van der Waals surface area contributed by atoms with E-state index in [0.29, 0.717) is 5.92 Å². The Morgan fingerprint density at radius 3 is 2.23 bits per heavy atom. The zero-order valence-electron chi connectivity index (χ0n) is 27.6. The predicted molar refractivity (Wildman–Crippen MR) is 183 cm³/mol. The van der Waals surface area contributed by atoms with E-state index in [0.717, 1.165) is 24.3 Å². The molecule has 2 aliphatic rings. The number of hydrogen-bond acceptors (Lipinski definition) is 1. The Morgan fingerprint density at radius 1 is 0.767 bits per heavy atom. The average molecular weight is 571 g/mol. The first-order valence-corrected chi connectivity index (χ1v) is 16.5. The fourth-order valence-electron chi connectivity index (χ4n) is 8.02. The molecule has 43 heavy (non-hydrogen) atoms. The maximum absolute atomic E-state index is 7.12. The van der Waals surface area contributed by atoms with E-state index in [1.807, 2.05) is 0 Å². The van der Waals surface area contributed by atoms with E-state index < -0.39 is 0 Å². The minimum Gasteiger partial charge on any atom is -0.455 e. The van der Waals surface area contributed by atoms with Crippen molar-refractivity contribution in [1.29, 1.82) is 0 Å². The summed E-state index contributed by atoms with van der Waals surface area (Å²) in [6.07, 6.45) is 11.0. The Labute approximate surface area is 258 Å². The number of ether oxygens (including phenoxy) is 1. The van der Waals surface area contributed by atoms with E-state index >= 15 is 0 Å². The Bertz CT molecular complexity index is 1910. The van der Waals surface area contributed by atoms with Crippen molar-refractivity contribution in [2.45, 2.75) is 99.3 Å². The lowest BCUT2D eigenvalue weighted by atomic mass is 9.80. The summed E-state index contributed by atoms with van der Waals surface area (Å²) in [6, 6.07) is 19.0. The second-order valence-corrected chi connectivity index (χ2v) is 16.0. The number of aromatic nitrogens is 1. The van der Waals surface area contributed by atoms with E-state index in [2.05, 4.69) is 115 Å². The van der Waals surface area contributed by atoms with Gasteiger partial charge < -0.3 is 4.74 Å². The largest absolute Gasteiger partial charge is 0.455 e. The molecule has 0 amide bonds. The fourth-order valence-corrected chi connectivity index (χ4v) is 8.02. The Balaban J connectivity index is 1.53. The average Bonchev–Trinajstić information content (AvgIpc) is 2.95. The molecule has 0 bridgehead atoms. The monoisotopic (exact) mass is 570 g/mol. The smallest absolute Gasteiger partial charge is 0.228 e. The molecule has 1 aromatic heterocycles. The van der Waals surface area contributed by atoms with Crippen LogP contribution in [0.4, 0.5) is 0 Å². The molecule has 0 atom stereocenters. The van der Waals surface area contributed by atoms with Gasteiger partial charge in [-0.15, -0.1) is 0 Å². The Morgan fingerprint density at radius 2 is 1.51 bits per heavy atom. The lowest BCUT2D eigenvalue weighted by Crippen LogP contribution is -2.32. The summed E-state index contributed by atoms with van der Waals surface area (Å²) in [5.41, 5.74) is 8.49. The van der Waals surface area contributed by atoms with Crippen LogP contribution in [0.5, 0.6) is 11.5 Å². The molecule has 2 heteroatoms. The molecular weight excluding hydrogens is 522 g/mol. The molecule has 0 spiro atoms. The molecule has 1 fully saturated rings. The van der Waals surface area contributed by atoms with Crippen LogP contribution in [0.15, 0.2) is 54.7 Å². The van der Waals surface area contributed by atoms with Crippen molar-refractivity contribution < 1.29 is 9.30 Å². The zero-order chi connectivity index (χ0) is 30.3. The lowest BCUT2D eigenvalue weighted by molar-refractivity contribution is -0.659. The second-order valence-electron chi connectivity index (χ2n) is 16.0. The Hall–Kier alpha value is -3.39. The van der Waals surface area contributed by atoms with Gasteiger partial charge in [0.05, 0.1) is 10.9 Å². The highest BCUT2D eigenvalue weighted by Crippen LogP contribution is 2.53. The number of rotatable bonds is 3. The molecule has 222 valence electrons. The van der Waals surface area contributed by atoms with Crippen LogP contribution >= 0.6 is 0 Å². The molecule has 0 N–H and O–H groups in total. The first-order valence-electron chi connectivity index (χ1n) is 16.5. The van der Waals surface area contributed by atoms with Crippen molar-refractivity contribution in [1.82, 2.24) is 0 Å². The summed E-state index contributed by atoms with van der Waals surface area (Å²) < 4.78 is 9.46. The topological polar surface area (TPSA) is 13.1 Å². The van der Waals surface area contributed by atoms with Crippen molar-refractivity contribution in [3.8, 4) is 22.8 Å². The fraction of sp³-hybridized carbons (Fsp3) is 0.439. The molecule has 7 rings (SSSR count). The number of fused-ring (bicyclic) bond motifs is 5. The summed E-state index contributed by atoms with van der Waals surface area (Å²) in [6.45, 7) is 16.3. The third-order valence-corrected chi connectivity index (χ3v) is 9.88. The molecule has 5 aromatic rings. The Kier molecular flexibility index (Phi) is 6.65. The van der Waals surface area contributed by atoms with Crippen molar-refractivity contribution in [2.24, 2.45) is 17.9 Å². The normalized spacial score (nSPS) is 15.7. The van der Waals surface area contributed by atoms with Gasteiger partial charge in [-0.2, -0.15) is 0 Å². The first-order chi connectivity index (χ1) is 20.4. The number of hydrogen-bond donors (Lipinski definition) is 0. The van der Waals surface area contributed by atoms with Gasteiger partial charge in [-0.25, -0.2) is 4.57 Å². The molecule has 1 aliphatic carbocycles. The summed E-state index contributed by atoms with van der Waals surface area (Å²) >= 11 is 0. The number of nitrogens with zero attached hydrogens (tertiary/aromatic N) is 1. The molecule has 2 nitrogen and oxygen atoms in total. The van der Waals surface area contributed by atoms with E-state index in [9.17, 15) is 0 Å². The van der Waals surface area contributed by atoms with Gasteiger partial charge in [-0.05, 0) is 93.7 Å². The van der Waals surface area contributed by atoms with E-state index in [1.165, 1.54) is 97.9 Å². The van der Waals surface area contributed by atoms with Crippen LogP contribution < -0.4 is 9.30 Å². The van der Waals surface area contributed by atoms with Crippen LogP contribution in [0.2, 0.25) is 0 Å². The van der Waals surface area contributed by atoms with Crippen molar-refractivity contribution >= 4 is 32.3 Å². The molecule has 1 saturated carbocycles. The molecular formula is C41H48NO+. The van der Waals surface area contributed by atoms with Gasteiger partial charge >= 0.3 is 0 Å². The summed E-state index contributed by atoms with van der Waals surface area (Å²) in [5, 5.41) is 7.89. The highest BCUT2D eigenvalue weighted by Gasteiger charge is 2.34. The minimum absolute atomic E-state index is 0.122. The predicted octanol–water partition coefficient (Wildman–Crippen LogP) is 11.3. The second kappa shape index (κ2) is 10.1. The number of aryl methyl sites for hydroxylation is 2. The highest BCUT2D eigenvalue weighted by atomic mass is 16.5. The SMILES string of the molecule is Cc1c2c(c(CC(C)(C)C)c3ccc(CC(C)(C)C)cc13)Oc1cc3ccc(C4CCCCC4)cc3c3cc[n+](C)c-2c13. The van der Waals surface area contributed by atoms with Gasteiger partial charge in [0.1, 0.15) is 18.5 Å². The van der Waals surface area contributed by atoms with E-state index in [1.54, 1.807) is 0 Å². The molecule has 0 saturated heterocycles. The van der Waals surface area contributed by atoms with Crippen molar-refractivity contribution in [2.75, 3.05) is 0 Å². The van der Waals surface area contributed by atoms with Gasteiger partial charge in [0, 0.05) is 17.0 Å². The first kappa shape index (κ1) is 28.4. The third-order valence-electron chi connectivity index (χ3n) is 9.88. The van der Waals surface area contributed by atoms with Crippen molar-refractivity contribution in [3.63, 3.8) is 0 Å². The van der Waals surface area contributed by atoms with Gasteiger partial charge in [-0.3, -0.25) is 0 Å². The molecule has 0 radical (unpaired) electrons. The standard InChI is InChI=1S/C41H48NO/c1-25-32-20-26(23-40(2,3)4)14-17-30(32)34(24-41(5,6)7)39-36(25)38-37-31(18-19-42(38)8)33-21-28(27-12-10-9-11-13-27)15-16-29(33)22-35(37)43-39/h14-22,27H,9-13,23-24H2,1-8H3/q+1. The summed E-state index contributed by atoms with van der Waals surface area (Å²) in [7, 11) is 2.21. The number of benzene rings is 4. The van der Waals surface area contributed by atoms with Crippen LogP contribution in [0.25, 0.3) is 43.6 Å². The van der Waals surface area contributed by atoms with E-state index in [-0.39, 0.29) is 10.8 Å². The van der Waals surface area contributed by atoms with Gasteiger partial charge in [0.15, 0.2) is 6.20 Å². The third kappa shape index (κ3) is 5.01. The zero-order valence-corrected chi connectivity index (χ0v) is 27.6. The van der Waals surface area contributed by atoms with Crippen LogP contribution in [0.3, 0.4) is 0 Å². The highest BCUT2D eigenvalue weighted by molar-refractivity contribution is 6.16. The van der Waals surface area contributed by atoms with E-state index in [4.69, 9.17) is 4.74 Å². The summed E-state index contributed by atoms with van der Waals surface area (Å²) in [4.78, 5) is 0. The minimum atomic E-state index is 0.122. The molecule has 0 unspecified atom stereocenters. The molecule has 1 aliphatic heterocycles. The van der Waals surface area contributed by atoms with Gasteiger partial charge in [0.2, 0.25) is 5.69 Å². The van der Waals surface area contributed by atoms with Crippen molar-refractivity contribution in [3.05, 3.63) is 77.0 Å². The lowest BCUT2D eigenvalue weighted by Gasteiger charge is -2.29. The van der Waals surface area contributed by atoms with Crippen LogP contribution in [-0.2, 0) is 19.9 Å². The van der Waals surface area contributed by atoms with Crippen LogP contribution in [0.1, 0.15) is 102 Å². The number of pyridine rings is 1. The quantitative estimate of drug-likeness (QED) is 0.152. The van der Waals surface area contributed by atoms with Crippen LogP contribution in [0, 0.1) is 17.8 Å².